The molecule has 0 aromatic carbocycles. The maximum Gasteiger partial charge on any atom is 0.250 e. The van der Waals surface area contributed by atoms with E-state index in [1.165, 1.54) is 10.6 Å². The SMILES string of the molecule is Cc1cc(Cl)nc(Cn2cc(Br)ccc2=O)n1. The molecule has 0 aliphatic heterocycles. The second kappa shape index (κ2) is 4.98. The maximum absolute atomic E-state index is 11.6. The molecule has 0 saturated heterocycles. The first-order valence-corrected chi connectivity index (χ1v) is 6.08. The lowest BCUT2D eigenvalue weighted by Gasteiger charge is -2.05. The van der Waals surface area contributed by atoms with Gasteiger partial charge in [-0.15, -0.1) is 0 Å². The lowest BCUT2D eigenvalue weighted by atomic mass is 10.4. The fraction of sp³-hybridized carbons (Fsp3) is 0.182. The molecule has 0 bridgehead atoms. The number of rotatable bonds is 2. The Kier molecular flexibility index (Phi) is 3.59. The Bertz CT molecular complexity index is 592. The Balaban J connectivity index is 2.37. The number of aromatic nitrogens is 3. The first-order valence-electron chi connectivity index (χ1n) is 4.90. The van der Waals surface area contributed by atoms with Crippen molar-refractivity contribution in [2.24, 2.45) is 0 Å². The summed E-state index contributed by atoms with van der Waals surface area (Å²) in [5.41, 5.74) is 0.678. The minimum Gasteiger partial charge on any atom is -0.307 e. The molecule has 6 heteroatoms. The fourth-order valence-electron chi connectivity index (χ4n) is 1.44. The summed E-state index contributed by atoms with van der Waals surface area (Å²) in [5, 5.41) is 0.385. The van der Waals surface area contributed by atoms with E-state index in [9.17, 15) is 4.79 Å². The van der Waals surface area contributed by atoms with Crippen molar-refractivity contribution in [1.29, 1.82) is 0 Å². The molecule has 0 unspecified atom stereocenters. The molecular formula is C11H9BrClN3O. The average molecular weight is 315 g/mol. The van der Waals surface area contributed by atoms with Gasteiger partial charge in [-0.3, -0.25) is 4.79 Å². The molecule has 4 nitrogen and oxygen atoms in total. The summed E-state index contributed by atoms with van der Waals surface area (Å²) in [4.78, 5) is 19.9. The molecule has 2 aromatic rings. The zero-order valence-corrected chi connectivity index (χ0v) is 11.4. The summed E-state index contributed by atoms with van der Waals surface area (Å²) >= 11 is 9.15. The van der Waals surface area contributed by atoms with Gasteiger partial charge in [-0.1, -0.05) is 11.6 Å². The summed E-state index contributed by atoms with van der Waals surface area (Å²) in [6, 6.07) is 4.86. The summed E-state index contributed by atoms with van der Waals surface area (Å²) in [5.74, 6) is 0.523. The highest BCUT2D eigenvalue weighted by atomic mass is 79.9. The van der Waals surface area contributed by atoms with Gasteiger partial charge in [-0.2, -0.15) is 0 Å². The molecule has 0 amide bonds. The van der Waals surface area contributed by atoms with Crippen LogP contribution >= 0.6 is 27.5 Å². The van der Waals surface area contributed by atoms with Crippen molar-refractivity contribution in [3.63, 3.8) is 0 Å². The molecule has 0 radical (unpaired) electrons. The lowest BCUT2D eigenvalue weighted by molar-refractivity contribution is 0.708. The van der Waals surface area contributed by atoms with E-state index >= 15 is 0 Å². The van der Waals surface area contributed by atoms with Gasteiger partial charge >= 0.3 is 0 Å². The van der Waals surface area contributed by atoms with Gasteiger partial charge < -0.3 is 4.57 Å². The summed E-state index contributed by atoms with van der Waals surface area (Å²) in [7, 11) is 0. The monoisotopic (exact) mass is 313 g/mol. The number of hydrogen-bond donors (Lipinski definition) is 0. The fourth-order valence-corrected chi connectivity index (χ4v) is 2.07. The van der Waals surface area contributed by atoms with Gasteiger partial charge in [0.2, 0.25) is 0 Å². The molecule has 0 fully saturated rings. The van der Waals surface area contributed by atoms with E-state index in [1.807, 2.05) is 6.92 Å². The quantitative estimate of drug-likeness (QED) is 0.800. The Morgan fingerprint density at radius 3 is 2.88 bits per heavy atom. The molecule has 0 atom stereocenters. The van der Waals surface area contributed by atoms with Crippen molar-refractivity contribution in [3.05, 3.63) is 55.9 Å². The van der Waals surface area contributed by atoms with E-state index in [0.717, 1.165) is 10.2 Å². The van der Waals surface area contributed by atoms with Crippen LogP contribution in [0.2, 0.25) is 5.15 Å². The number of aryl methyl sites for hydroxylation is 1. The standard InChI is InChI=1S/C11H9BrClN3O/c1-7-4-9(13)15-10(14-7)6-16-5-8(12)2-3-11(16)17/h2-5H,6H2,1H3. The third-order valence-corrected chi connectivity index (χ3v) is 2.79. The Morgan fingerprint density at radius 1 is 1.41 bits per heavy atom. The van der Waals surface area contributed by atoms with Gasteiger partial charge in [0.1, 0.15) is 11.0 Å². The van der Waals surface area contributed by atoms with Gasteiger partial charge in [0, 0.05) is 22.4 Å². The first kappa shape index (κ1) is 12.3. The predicted octanol–water partition coefficient (Wildman–Crippen LogP) is 2.41. The smallest absolute Gasteiger partial charge is 0.250 e. The summed E-state index contributed by atoms with van der Waals surface area (Å²) in [6.45, 7) is 2.14. The molecule has 0 spiro atoms. The summed E-state index contributed by atoms with van der Waals surface area (Å²) < 4.78 is 2.35. The van der Waals surface area contributed by atoms with Crippen molar-refractivity contribution >= 4 is 27.5 Å². The van der Waals surface area contributed by atoms with Gasteiger partial charge in [0.15, 0.2) is 0 Å². The van der Waals surface area contributed by atoms with E-state index in [-0.39, 0.29) is 5.56 Å². The normalized spacial score (nSPS) is 10.5. The van der Waals surface area contributed by atoms with Crippen molar-refractivity contribution in [2.45, 2.75) is 13.5 Å². The van der Waals surface area contributed by atoms with E-state index < -0.39 is 0 Å². The zero-order valence-electron chi connectivity index (χ0n) is 9.02. The van der Waals surface area contributed by atoms with Crippen molar-refractivity contribution in [2.75, 3.05) is 0 Å². The molecule has 2 heterocycles. The van der Waals surface area contributed by atoms with Crippen LogP contribution in [0.4, 0.5) is 0 Å². The Hall–Kier alpha value is -1.20. The molecule has 0 saturated carbocycles. The van der Waals surface area contributed by atoms with Crippen LogP contribution in [0, 0.1) is 6.92 Å². The Morgan fingerprint density at radius 2 is 2.18 bits per heavy atom. The van der Waals surface area contributed by atoms with E-state index in [4.69, 9.17) is 11.6 Å². The van der Waals surface area contributed by atoms with Crippen molar-refractivity contribution < 1.29 is 0 Å². The zero-order chi connectivity index (χ0) is 12.4. The average Bonchev–Trinajstić information content (AvgIpc) is 2.22. The van der Waals surface area contributed by atoms with Crippen LogP contribution < -0.4 is 5.56 Å². The third kappa shape index (κ3) is 3.14. The predicted molar refractivity (Wildman–Crippen MR) is 69.3 cm³/mol. The molecule has 2 rings (SSSR count). The molecular weight excluding hydrogens is 305 g/mol. The van der Waals surface area contributed by atoms with Crippen LogP contribution in [-0.2, 0) is 6.54 Å². The molecule has 88 valence electrons. The van der Waals surface area contributed by atoms with Crippen molar-refractivity contribution in [3.8, 4) is 0 Å². The molecule has 0 N–H and O–H groups in total. The van der Waals surface area contributed by atoms with Crippen LogP contribution in [0.1, 0.15) is 11.5 Å². The molecule has 0 aliphatic carbocycles. The highest BCUT2D eigenvalue weighted by molar-refractivity contribution is 9.10. The van der Waals surface area contributed by atoms with Crippen LogP contribution in [0.3, 0.4) is 0 Å². The lowest BCUT2D eigenvalue weighted by Crippen LogP contribution is -2.20. The van der Waals surface area contributed by atoms with E-state index in [0.29, 0.717) is 17.5 Å². The minimum absolute atomic E-state index is 0.102. The van der Waals surface area contributed by atoms with E-state index in [2.05, 4.69) is 25.9 Å². The molecule has 17 heavy (non-hydrogen) atoms. The Labute approximate surface area is 111 Å². The van der Waals surface area contributed by atoms with Gasteiger partial charge in [0.25, 0.3) is 5.56 Å². The van der Waals surface area contributed by atoms with Crippen LogP contribution in [0.25, 0.3) is 0 Å². The van der Waals surface area contributed by atoms with Crippen LogP contribution in [0.15, 0.2) is 33.7 Å². The number of hydrogen-bond acceptors (Lipinski definition) is 3. The minimum atomic E-state index is -0.102. The summed E-state index contributed by atoms with van der Waals surface area (Å²) in [6.07, 6.45) is 1.70. The van der Waals surface area contributed by atoms with Crippen molar-refractivity contribution in [1.82, 2.24) is 14.5 Å². The van der Waals surface area contributed by atoms with Gasteiger partial charge in [0.05, 0.1) is 6.54 Å². The third-order valence-electron chi connectivity index (χ3n) is 2.13. The largest absolute Gasteiger partial charge is 0.307 e. The number of halogens is 2. The second-order valence-electron chi connectivity index (χ2n) is 3.56. The second-order valence-corrected chi connectivity index (χ2v) is 4.86. The number of pyridine rings is 1. The molecule has 2 aromatic heterocycles. The van der Waals surface area contributed by atoms with Crippen LogP contribution in [0.5, 0.6) is 0 Å². The maximum atomic E-state index is 11.6. The first-order chi connectivity index (χ1) is 8.04. The number of nitrogens with zero attached hydrogens (tertiary/aromatic N) is 3. The highest BCUT2D eigenvalue weighted by Gasteiger charge is 2.03. The topological polar surface area (TPSA) is 47.8 Å². The van der Waals surface area contributed by atoms with Crippen LogP contribution in [-0.4, -0.2) is 14.5 Å². The van der Waals surface area contributed by atoms with E-state index in [1.54, 1.807) is 18.3 Å². The highest BCUT2D eigenvalue weighted by Crippen LogP contribution is 2.09. The van der Waals surface area contributed by atoms with Gasteiger partial charge in [-0.05, 0) is 35.0 Å². The van der Waals surface area contributed by atoms with Gasteiger partial charge in [-0.25, -0.2) is 9.97 Å². The molecule has 0 aliphatic rings.